The van der Waals surface area contributed by atoms with Crippen molar-refractivity contribution >= 4 is 28.3 Å². The Morgan fingerprint density at radius 3 is 2.48 bits per heavy atom. The number of fused-ring (bicyclic) bond motifs is 1. The SMILES string of the molecule is Cc1ccc(NC(=O)C2CCN(C(=O)c3cccc4ccccc34)CC2)cc1F. The molecule has 0 unspecified atom stereocenters. The van der Waals surface area contributed by atoms with Crippen LogP contribution in [0.5, 0.6) is 0 Å². The Morgan fingerprint density at radius 1 is 1.00 bits per heavy atom. The molecule has 1 heterocycles. The molecule has 0 bridgehead atoms. The molecule has 2 amide bonds. The number of amides is 2. The third-order valence-electron chi connectivity index (χ3n) is 5.61. The fraction of sp³-hybridized carbons (Fsp3) is 0.250. The largest absolute Gasteiger partial charge is 0.339 e. The molecule has 0 radical (unpaired) electrons. The number of rotatable bonds is 3. The van der Waals surface area contributed by atoms with Gasteiger partial charge in [0.2, 0.25) is 5.91 Å². The van der Waals surface area contributed by atoms with Gasteiger partial charge < -0.3 is 10.2 Å². The Balaban J connectivity index is 1.40. The molecule has 3 aromatic carbocycles. The number of halogens is 1. The molecule has 0 aromatic heterocycles. The van der Waals surface area contributed by atoms with E-state index in [1.807, 2.05) is 47.4 Å². The predicted octanol–water partition coefficient (Wildman–Crippen LogP) is 4.78. The zero-order valence-electron chi connectivity index (χ0n) is 16.3. The first kappa shape index (κ1) is 19.1. The summed E-state index contributed by atoms with van der Waals surface area (Å²) in [4.78, 5) is 27.4. The number of aryl methyl sites for hydroxylation is 1. The van der Waals surface area contributed by atoms with E-state index < -0.39 is 0 Å². The molecule has 4 rings (SSSR count). The van der Waals surface area contributed by atoms with E-state index in [-0.39, 0.29) is 23.5 Å². The average Bonchev–Trinajstić information content (AvgIpc) is 2.75. The topological polar surface area (TPSA) is 49.4 Å². The van der Waals surface area contributed by atoms with Gasteiger partial charge in [-0.3, -0.25) is 9.59 Å². The molecule has 5 heteroatoms. The molecule has 0 atom stereocenters. The summed E-state index contributed by atoms with van der Waals surface area (Å²) in [7, 11) is 0. The van der Waals surface area contributed by atoms with Gasteiger partial charge in [-0.2, -0.15) is 0 Å². The van der Waals surface area contributed by atoms with Crippen molar-refractivity contribution in [1.29, 1.82) is 0 Å². The summed E-state index contributed by atoms with van der Waals surface area (Å²) < 4.78 is 13.7. The van der Waals surface area contributed by atoms with Crippen LogP contribution in [0, 0.1) is 18.7 Å². The Morgan fingerprint density at radius 2 is 1.72 bits per heavy atom. The van der Waals surface area contributed by atoms with Gasteiger partial charge in [-0.05, 0) is 54.3 Å². The van der Waals surface area contributed by atoms with Crippen molar-refractivity contribution in [1.82, 2.24) is 4.90 Å². The van der Waals surface area contributed by atoms with E-state index in [4.69, 9.17) is 0 Å². The van der Waals surface area contributed by atoms with Crippen LogP contribution in [-0.4, -0.2) is 29.8 Å². The predicted molar refractivity (Wildman–Crippen MR) is 112 cm³/mol. The molecule has 1 aliphatic heterocycles. The number of hydrogen-bond donors (Lipinski definition) is 1. The molecule has 1 N–H and O–H groups in total. The maximum absolute atomic E-state index is 13.7. The lowest BCUT2D eigenvalue weighted by Gasteiger charge is -2.31. The molecule has 1 saturated heterocycles. The van der Waals surface area contributed by atoms with Crippen molar-refractivity contribution in [3.63, 3.8) is 0 Å². The average molecular weight is 390 g/mol. The van der Waals surface area contributed by atoms with Gasteiger partial charge in [-0.25, -0.2) is 4.39 Å². The van der Waals surface area contributed by atoms with E-state index in [9.17, 15) is 14.0 Å². The second kappa shape index (κ2) is 8.03. The summed E-state index contributed by atoms with van der Waals surface area (Å²) in [5.74, 6) is -0.638. The Hall–Kier alpha value is -3.21. The van der Waals surface area contributed by atoms with Crippen LogP contribution in [0.1, 0.15) is 28.8 Å². The van der Waals surface area contributed by atoms with Gasteiger partial charge in [0.1, 0.15) is 5.82 Å². The van der Waals surface area contributed by atoms with Crippen LogP contribution in [0.3, 0.4) is 0 Å². The molecule has 0 aliphatic carbocycles. The molecular formula is C24H23FN2O2. The molecule has 148 valence electrons. The highest BCUT2D eigenvalue weighted by atomic mass is 19.1. The maximum Gasteiger partial charge on any atom is 0.254 e. The zero-order valence-corrected chi connectivity index (χ0v) is 16.3. The third kappa shape index (κ3) is 3.99. The summed E-state index contributed by atoms with van der Waals surface area (Å²) in [5, 5.41) is 4.78. The van der Waals surface area contributed by atoms with Gasteiger partial charge in [-0.1, -0.05) is 42.5 Å². The molecule has 29 heavy (non-hydrogen) atoms. The lowest BCUT2D eigenvalue weighted by atomic mass is 9.94. The Labute approximate surface area is 169 Å². The van der Waals surface area contributed by atoms with Gasteiger partial charge in [0, 0.05) is 30.3 Å². The highest BCUT2D eigenvalue weighted by Gasteiger charge is 2.28. The van der Waals surface area contributed by atoms with Gasteiger partial charge in [0.05, 0.1) is 0 Å². The van der Waals surface area contributed by atoms with Crippen LogP contribution in [0.4, 0.5) is 10.1 Å². The fourth-order valence-electron chi connectivity index (χ4n) is 3.84. The summed E-state index contributed by atoms with van der Waals surface area (Å²) in [6, 6.07) is 18.3. The molecule has 3 aromatic rings. The molecule has 4 nitrogen and oxygen atoms in total. The van der Waals surface area contributed by atoms with Crippen molar-refractivity contribution in [2.75, 3.05) is 18.4 Å². The summed E-state index contributed by atoms with van der Waals surface area (Å²) in [6.45, 7) is 2.74. The first-order chi connectivity index (χ1) is 14.0. The van der Waals surface area contributed by atoms with Crippen molar-refractivity contribution in [3.8, 4) is 0 Å². The van der Waals surface area contributed by atoms with E-state index in [1.54, 1.807) is 19.1 Å². The van der Waals surface area contributed by atoms with Crippen LogP contribution < -0.4 is 5.32 Å². The minimum Gasteiger partial charge on any atom is -0.339 e. The first-order valence-corrected chi connectivity index (χ1v) is 9.87. The highest BCUT2D eigenvalue weighted by molar-refractivity contribution is 6.07. The number of hydrogen-bond acceptors (Lipinski definition) is 2. The Bertz CT molecular complexity index is 1070. The van der Waals surface area contributed by atoms with Gasteiger partial charge >= 0.3 is 0 Å². The van der Waals surface area contributed by atoms with E-state index >= 15 is 0 Å². The summed E-state index contributed by atoms with van der Waals surface area (Å²) in [6.07, 6.45) is 1.19. The van der Waals surface area contributed by atoms with E-state index in [0.29, 0.717) is 42.7 Å². The number of likely N-dealkylation sites (tertiary alicyclic amines) is 1. The number of carbonyl (C=O) groups excluding carboxylic acids is 2. The van der Waals surface area contributed by atoms with Crippen LogP contribution >= 0.6 is 0 Å². The minimum atomic E-state index is -0.335. The molecular weight excluding hydrogens is 367 g/mol. The van der Waals surface area contributed by atoms with E-state index in [1.165, 1.54) is 6.07 Å². The summed E-state index contributed by atoms with van der Waals surface area (Å²) >= 11 is 0. The van der Waals surface area contributed by atoms with Gasteiger partial charge in [-0.15, -0.1) is 0 Å². The lowest BCUT2D eigenvalue weighted by Crippen LogP contribution is -2.41. The lowest BCUT2D eigenvalue weighted by molar-refractivity contribution is -0.121. The number of carbonyl (C=O) groups is 2. The van der Waals surface area contributed by atoms with Crippen molar-refractivity contribution in [2.45, 2.75) is 19.8 Å². The standard InChI is InChI=1S/C24H23FN2O2/c1-16-9-10-19(15-22(16)25)26-23(28)18-11-13-27(14-12-18)24(29)21-8-4-6-17-5-2-3-7-20(17)21/h2-10,15,18H,11-14H2,1H3,(H,26,28). The third-order valence-corrected chi connectivity index (χ3v) is 5.61. The van der Waals surface area contributed by atoms with Crippen LogP contribution in [-0.2, 0) is 4.79 Å². The zero-order chi connectivity index (χ0) is 20.4. The van der Waals surface area contributed by atoms with E-state index in [0.717, 1.165) is 10.8 Å². The summed E-state index contributed by atoms with van der Waals surface area (Å²) in [5.41, 5.74) is 1.71. The van der Waals surface area contributed by atoms with Crippen LogP contribution in [0.2, 0.25) is 0 Å². The molecule has 1 aliphatic rings. The molecule has 0 spiro atoms. The van der Waals surface area contributed by atoms with Crippen molar-refractivity contribution in [3.05, 3.63) is 77.6 Å². The van der Waals surface area contributed by atoms with Crippen molar-refractivity contribution < 1.29 is 14.0 Å². The first-order valence-electron chi connectivity index (χ1n) is 9.87. The minimum absolute atomic E-state index is 0.00117. The van der Waals surface area contributed by atoms with E-state index in [2.05, 4.69) is 5.32 Å². The molecule has 0 saturated carbocycles. The van der Waals surface area contributed by atoms with Gasteiger partial charge in [0.25, 0.3) is 5.91 Å². The normalized spacial score (nSPS) is 14.8. The van der Waals surface area contributed by atoms with Crippen LogP contribution in [0.15, 0.2) is 60.7 Å². The highest BCUT2D eigenvalue weighted by Crippen LogP contribution is 2.24. The smallest absolute Gasteiger partial charge is 0.254 e. The number of benzene rings is 3. The molecule has 1 fully saturated rings. The second-order valence-corrected chi connectivity index (χ2v) is 7.55. The monoisotopic (exact) mass is 390 g/mol. The fourth-order valence-corrected chi connectivity index (χ4v) is 3.84. The second-order valence-electron chi connectivity index (χ2n) is 7.55. The van der Waals surface area contributed by atoms with Crippen molar-refractivity contribution in [2.24, 2.45) is 5.92 Å². The van der Waals surface area contributed by atoms with Crippen LogP contribution in [0.25, 0.3) is 10.8 Å². The van der Waals surface area contributed by atoms with Gasteiger partial charge in [0.15, 0.2) is 0 Å². The quantitative estimate of drug-likeness (QED) is 0.700. The maximum atomic E-state index is 13.7. The number of anilines is 1. The Kier molecular flexibility index (Phi) is 5.30. The number of nitrogens with one attached hydrogen (secondary N) is 1. The number of piperidine rings is 1. The number of nitrogens with zero attached hydrogens (tertiary/aromatic N) is 1.